The molecule has 2 N–H and O–H groups in total. The summed E-state index contributed by atoms with van der Waals surface area (Å²) in [5.41, 5.74) is 8.10. The lowest BCUT2D eigenvalue weighted by Crippen LogP contribution is -2.47. The summed E-state index contributed by atoms with van der Waals surface area (Å²) in [6.45, 7) is 2.80. The summed E-state index contributed by atoms with van der Waals surface area (Å²) in [4.78, 5) is 37.7. The number of nitrogens with zero attached hydrogens (tertiary/aromatic N) is 3. The highest BCUT2D eigenvalue weighted by Crippen LogP contribution is 2.48. The van der Waals surface area contributed by atoms with Gasteiger partial charge in [0.05, 0.1) is 16.9 Å². The number of nitrogens with one attached hydrogen (secondary N) is 2. The quantitative estimate of drug-likeness (QED) is 0.107. The van der Waals surface area contributed by atoms with Crippen LogP contribution in [0.5, 0.6) is 0 Å². The molecule has 1 aliphatic heterocycles. The minimum absolute atomic E-state index is 0.158. The predicted molar refractivity (Wildman–Crippen MR) is 245 cm³/mol. The molecule has 6 aromatic carbocycles. The minimum atomic E-state index is -1.03. The van der Waals surface area contributed by atoms with Gasteiger partial charge in [0.2, 0.25) is 11.8 Å². The van der Waals surface area contributed by atoms with Crippen molar-refractivity contribution in [1.82, 2.24) is 19.6 Å². The maximum Gasteiger partial charge on any atom is 0.247 e. The average molecular weight is 860 g/mol. The number of benzene rings is 6. The van der Waals surface area contributed by atoms with Gasteiger partial charge in [0.1, 0.15) is 17.7 Å². The molecule has 2 aromatic heterocycles. The summed E-state index contributed by atoms with van der Waals surface area (Å²) in [6, 6.07) is 50.3. The molecule has 2 amide bonds. The summed E-state index contributed by atoms with van der Waals surface area (Å²) in [6.07, 6.45) is 2.73. The van der Waals surface area contributed by atoms with Gasteiger partial charge in [-0.3, -0.25) is 18.9 Å². The Morgan fingerprint density at radius 2 is 1.32 bits per heavy atom. The van der Waals surface area contributed by atoms with Crippen LogP contribution >= 0.6 is 23.1 Å². The van der Waals surface area contributed by atoms with Gasteiger partial charge in [-0.15, -0.1) is 11.8 Å². The third kappa shape index (κ3) is 8.97. The van der Waals surface area contributed by atoms with Crippen LogP contribution in [0.4, 0.5) is 14.5 Å². The molecule has 0 aliphatic carbocycles. The van der Waals surface area contributed by atoms with Crippen LogP contribution in [0.15, 0.2) is 170 Å². The number of carbonyl (C=O) groups is 2. The van der Waals surface area contributed by atoms with Crippen LogP contribution in [-0.2, 0) is 40.3 Å². The van der Waals surface area contributed by atoms with E-state index < -0.39 is 34.2 Å². The highest BCUT2D eigenvalue weighted by Gasteiger charge is 2.38. The minimum Gasteiger partial charge on any atom is -0.343 e. The van der Waals surface area contributed by atoms with Crippen LogP contribution in [0, 0.1) is 11.6 Å². The van der Waals surface area contributed by atoms with E-state index >= 15 is 0 Å². The molecule has 0 spiro atoms. The summed E-state index contributed by atoms with van der Waals surface area (Å²) >= 11 is 3.27. The Bertz CT molecular complexity index is 2680. The van der Waals surface area contributed by atoms with E-state index in [9.17, 15) is 18.4 Å². The lowest BCUT2D eigenvalue weighted by atomic mass is 9.84. The van der Waals surface area contributed by atoms with Gasteiger partial charge in [0.25, 0.3) is 0 Å². The fourth-order valence-electron chi connectivity index (χ4n) is 8.23. The summed E-state index contributed by atoms with van der Waals surface area (Å²) in [7, 11) is 0. The summed E-state index contributed by atoms with van der Waals surface area (Å²) in [5, 5.41) is 5.94. The largest absolute Gasteiger partial charge is 0.343 e. The van der Waals surface area contributed by atoms with Crippen molar-refractivity contribution in [2.75, 3.05) is 17.6 Å². The number of imidazole rings is 1. The van der Waals surface area contributed by atoms with E-state index in [1.807, 2.05) is 84.9 Å². The number of anilines is 1. The second kappa shape index (κ2) is 18.3. The van der Waals surface area contributed by atoms with E-state index in [1.165, 1.54) is 27.9 Å². The Labute approximate surface area is 367 Å². The standard InChI is InChI=1S/C51H43F2N5O2S2/c52-41-27-36(28-42(53)30-41)29-48(59)55-45(34-61-51(38-15-7-2-8-16-38,39-17-9-3-10-18-39)40-19-11-4-12-20-40)49(60)54-43-23-21-37(22-24-43)44-32-58-46-25-26-57(31-35-13-5-1-6-14-35)33-47(46)62-50(58)56-44/h1-24,27-28,30,32,45H,25-26,29,31,33-34H2,(H,54,60)(H,55,59)/t45-/m0/s1. The van der Waals surface area contributed by atoms with E-state index in [2.05, 4.69) is 86.8 Å². The first-order valence-corrected chi connectivity index (χ1v) is 22.3. The molecule has 3 heterocycles. The Balaban J connectivity index is 0.958. The van der Waals surface area contributed by atoms with Gasteiger partial charge in [-0.2, -0.15) is 0 Å². The highest BCUT2D eigenvalue weighted by atomic mass is 32.2. The Hall–Kier alpha value is -6.40. The fraction of sp³-hybridized carbons (Fsp3) is 0.157. The maximum absolute atomic E-state index is 14.4. The number of halogens is 2. The topological polar surface area (TPSA) is 78.7 Å². The molecule has 0 bridgehead atoms. The average Bonchev–Trinajstić information content (AvgIpc) is 3.86. The fourth-order valence-corrected chi connectivity index (χ4v) is 11.0. The van der Waals surface area contributed by atoms with E-state index in [4.69, 9.17) is 4.98 Å². The van der Waals surface area contributed by atoms with Gasteiger partial charge in [-0.05, 0) is 52.1 Å². The van der Waals surface area contributed by atoms with Crippen LogP contribution in [0.3, 0.4) is 0 Å². The molecule has 9 rings (SSSR count). The molecule has 62 heavy (non-hydrogen) atoms. The normalized spacial score (nSPS) is 13.4. The Kier molecular flexibility index (Phi) is 12.1. The molecule has 0 radical (unpaired) electrons. The number of thiazole rings is 1. The number of fused-ring (bicyclic) bond motifs is 3. The summed E-state index contributed by atoms with van der Waals surface area (Å²) in [5.74, 6) is -2.37. The van der Waals surface area contributed by atoms with E-state index in [0.717, 1.165) is 77.2 Å². The van der Waals surface area contributed by atoms with Crippen molar-refractivity contribution in [3.8, 4) is 11.3 Å². The van der Waals surface area contributed by atoms with Gasteiger partial charge >= 0.3 is 0 Å². The third-order valence-electron chi connectivity index (χ3n) is 11.2. The smallest absolute Gasteiger partial charge is 0.247 e. The van der Waals surface area contributed by atoms with Crippen LogP contribution in [0.2, 0.25) is 0 Å². The van der Waals surface area contributed by atoms with Crippen molar-refractivity contribution >= 4 is 45.6 Å². The highest BCUT2D eigenvalue weighted by molar-refractivity contribution is 8.00. The van der Waals surface area contributed by atoms with Crippen molar-refractivity contribution < 1.29 is 18.4 Å². The Morgan fingerprint density at radius 3 is 1.92 bits per heavy atom. The van der Waals surface area contributed by atoms with E-state index in [0.29, 0.717) is 5.69 Å². The van der Waals surface area contributed by atoms with Crippen LogP contribution in [0.25, 0.3) is 16.2 Å². The van der Waals surface area contributed by atoms with Crippen molar-refractivity contribution in [3.63, 3.8) is 0 Å². The van der Waals surface area contributed by atoms with Gasteiger partial charge in [-0.1, -0.05) is 145 Å². The van der Waals surface area contributed by atoms with Gasteiger partial charge in [-0.25, -0.2) is 13.8 Å². The Morgan fingerprint density at radius 1 is 0.742 bits per heavy atom. The molecule has 0 saturated carbocycles. The van der Waals surface area contributed by atoms with Crippen LogP contribution in [-0.4, -0.2) is 44.4 Å². The number of carbonyl (C=O) groups excluding carboxylic acids is 2. The molecule has 0 saturated heterocycles. The van der Waals surface area contributed by atoms with Crippen molar-refractivity contribution in [3.05, 3.63) is 220 Å². The van der Waals surface area contributed by atoms with Crippen LogP contribution < -0.4 is 10.6 Å². The van der Waals surface area contributed by atoms with Crippen molar-refractivity contribution in [2.24, 2.45) is 0 Å². The molecular formula is C51H43F2N5O2S2. The lowest BCUT2D eigenvalue weighted by molar-refractivity contribution is -0.125. The number of aromatic nitrogens is 2. The molecule has 8 aromatic rings. The molecule has 0 fully saturated rings. The van der Waals surface area contributed by atoms with E-state index in [-0.39, 0.29) is 17.7 Å². The zero-order valence-corrected chi connectivity index (χ0v) is 35.3. The molecule has 1 aliphatic rings. The zero-order chi connectivity index (χ0) is 42.5. The molecule has 1 atom stereocenters. The molecule has 0 unspecified atom stereocenters. The molecule has 7 nitrogen and oxygen atoms in total. The van der Waals surface area contributed by atoms with E-state index in [1.54, 1.807) is 11.3 Å². The predicted octanol–water partition coefficient (Wildman–Crippen LogP) is 10.3. The third-order valence-corrected chi connectivity index (χ3v) is 13.9. The van der Waals surface area contributed by atoms with Crippen molar-refractivity contribution in [1.29, 1.82) is 0 Å². The van der Waals surface area contributed by atoms with Gasteiger partial charge in [0, 0.05) is 65.9 Å². The van der Waals surface area contributed by atoms with Crippen molar-refractivity contribution in [2.45, 2.75) is 36.7 Å². The number of amides is 2. The second-order valence-corrected chi connectivity index (χ2v) is 17.7. The van der Waals surface area contributed by atoms with Gasteiger partial charge < -0.3 is 10.6 Å². The first kappa shape index (κ1) is 41.0. The molecule has 11 heteroatoms. The first-order chi connectivity index (χ1) is 30.3. The summed E-state index contributed by atoms with van der Waals surface area (Å²) < 4.78 is 29.7. The SMILES string of the molecule is O=C(Cc1cc(F)cc(F)c1)N[C@@H](CSC(c1ccccc1)(c1ccccc1)c1ccccc1)C(=O)Nc1ccc(-c2cn3c4c(sc3n2)CN(Cc2ccccc2)CC4)cc1. The number of hydrogen-bond acceptors (Lipinski definition) is 6. The molecular weight excluding hydrogens is 817 g/mol. The second-order valence-electron chi connectivity index (χ2n) is 15.4. The number of hydrogen-bond donors (Lipinski definition) is 2. The van der Waals surface area contributed by atoms with Gasteiger partial charge in [0.15, 0.2) is 4.96 Å². The van der Waals surface area contributed by atoms with Crippen LogP contribution in [0.1, 0.15) is 38.4 Å². The maximum atomic E-state index is 14.4. The molecule has 310 valence electrons. The number of rotatable bonds is 14. The number of thioether (sulfide) groups is 1. The lowest BCUT2D eigenvalue weighted by Gasteiger charge is -2.36. The monoisotopic (exact) mass is 859 g/mol. The first-order valence-electron chi connectivity index (χ1n) is 20.5. The zero-order valence-electron chi connectivity index (χ0n) is 33.7.